The summed E-state index contributed by atoms with van der Waals surface area (Å²) in [7, 11) is 0. The summed E-state index contributed by atoms with van der Waals surface area (Å²) in [6, 6.07) is 7.67. The quantitative estimate of drug-likeness (QED) is 0.541. The van der Waals surface area contributed by atoms with E-state index in [0.29, 0.717) is 6.54 Å². The van der Waals surface area contributed by atoms with Crippen LogP contribution in [-0.2, 0) is 0 Å². The molecule has 2 aliphatic rings. The third kappa shape index (κ3) is 5.32. The normalized spacial score (nSPS) is 19.5. The SMILES string of the molecule is O=C(CN1CCCCC1)c1ccc(OCCCN2CCCC2)cc1. The Morgan fingerprint density at radius 2 is 1.50 bits per heavy atom. The minimum atomic E-state index is 0.220. The predicted octanol–water partition coefficient (Wildman–Crippen LogP) is 3.22. The Bertz CT molecular complexity index is 503. The van der Waals surface area contributed by atoms with Gasteiger partial charge in [-0.1, -0.05) is 6.42 Å². The second-order valence-corrected chi connectivity index (χ2v) is 7.04. The number of ketones is 1. The number of benzene rings is 1. The Labute approximate surface area is 145 Å². The number of ether oxygens (including phenoxy) is 1. The summed E-state index contributed by atoms with van der Waals surface area (Å²) in [4.78, 5) is 17.1. The zero-order valence-electron chi connectivity index (χ0n) is 14.7. The van der Waals surface area contributed by atoms with E-state index in [9.17, 15) is 4.79 Å². The molecule has 132 valence electrons. The van der Waals surface area contributed by atoms with Crippen molar-refractivity contribution in [3.05, 3.63) is 29.8 Å². The number of nitrogens with zero attached hydrogens (tertiary/aromatic N) is 2. The van der Waals surface area contributed by atoms with Crippen molar-refractivity contribution in [3.8, 4) is 5.75 Å². The Balaban J connectivity index is 1.38. The van der Waals surface area contributed by atoms with Gasteiger partial charge in [-0.05, 0) is 82.5 Å². The Morgan fingerprint density at radius 3 is 2.21 bits per heavy atom. The summed E-state index contributed by atoms with van der Waals surface area (Å²) in [6.07, 6.45) is 7.49. The van der Waals surface area contributed by atoms with E-state index < -0.39 is 0 Å². The number of carbonyl (C=O) groups excluding carboxylic acids is 1. The van der Waals surface area contributed by atoms with Crippen LogP contribution in [0.3, 0.4) is 0 Å². The number of hydrogen-bond donors (Lipinski definition) is 0. The molecule has 0 aliphatic carbocycles. The van der Waals surface area contributed by atoms with E-state index in [-0.39, 0.29) is 5.78 Å². The highest BCUT2D eigenvalue weighted by atomic mass is 16.5. The highest BCUT2D eigenvalue weighted by molar-refractivity contribution is 5.97. The van der Waals surface area contributed by atoms with Gasteiger partial charge >= 0.3 is 0 Å². The lowest BCUT2D eigenvalue weighted by Gasteiger charge is -2.25. The maximum atomic E-state index is 12.3. The molecule has 0 spiro atoms. The molecule has 2 fully saturated rings. The number of Topliss-reactive ketones (excluding diaryl/α,β-unsaturated/α-hetero) is 1. The summed E-state index contributed by atoms with van der Waals surface area (Å²) in [5, 5.41) is 0. The first-order valence-corrected chi connectivity index (χ1v) is 9.52. The van der Waals surface area contributed by atoms with Crippen molar-refractivity contribution in [1.29, 1.82) is 0 Å². The van der Waals surface area contributed by atoms with Crippen molar-refractivity contribution in [2.24, 2.45) is 0 Å². The van der Waals surface area contributed by atoms with E-state index in [1.807, 2.05) is 24.3 Å². The standard InChI is InChI=1S/C20H30N2O2/c23-20(17-22-13-2-1-3-14-22)18-7-9-19(10-8-18)24-16-6-15-21-11-4-5-12-21/h7-10H,1-6,11-17H2. The fourth-order valence-electron chi connectivity index (χ4n) is 3.63. The zero-order valence-corrected chi connectivity index (χ0v) is 14.7. The number of carbonyl (C=O) groups is 1. The summed E-state index contributed by atoms with van der Waals surface area (Å²) >= 11 is 0. The van der Waals surface area contributed by atoms with E-state index in [4.69, 9.17) is 4.74 Å². The zero-order chi connectivity index (χ0) is 16.6. The molecule has 4 nitrogen and oxygen atoms in total. The molecule has 0 bridgehead atoms. The molecule has 24 heavy (non-hydrogen) atoms. The fourth-order valence-corrected chi connectivity index (χ4v) is 3.63. The van der Waals surface area contributed by atoms with Crippen molar-refractivity contribution in [1.82, 2.24) is 9.80 Å². The first-order chi connectivity index (χ1) is 11.8. The second kappa shape index (κ2) is 9.19. The molecule has 0 amide bonds. The van der Waals surface area contributed by atoms with Gasteiger partial charge in [0.1, 0.15) is 5.75 Å². The van der Waals surface area contributed by atoms with Crippen LogP contribution in [0, 0.1) is 0 Å². The minimum Gasteiger partial charge on any atom is -0.494 e. The van der Waals surface area contributed by atoms with Crippen LogP contribution in [-0.4, -0.2) is 61.5 Å². The van der Waals surface area contributed by atoms with Gasteiger partial charge in [0.25, 0.3) is 0 Å². The highest BCUT2D eigenvalue weighted by Crippen LogP contribution is 2.15. The summed E-state index contributed by atoms with van der Waals surface area (Å²) in [6.45, 7) is 7.04. The van der Waals surface area contributed by atoms with Gasteiger partial charge < -0.3 is 9.64 Å². The van der Waals surface area contributed by atoms with Crippen LogP contribution in [0.4, 0.5) is 0 Å². The number of rotatable bonds is 8. The fraction of sp³-hybridized carbons (Fsp3) is 0.650. The van der Waals surface area contributed by atoms with Crippen molar-refractivity contribution >= 4 is 5.78 Å². The number of piperidine rings is 1. The van der Waals surface area contributed by atoms with Crippen LogP contribution in [0.5, 0.6) is 5.75 Å². The maximum Gasteiger partial charge on any atom is 0.176 e. The Hall–Kier alpha value is -1.39. The smallest absolute Gasteiger partial charge is 0.176 e. The summed E-state index contributed by atoms with van der Waals surface area (Å²) < 4.78 is 5.80. The molecule has 1 aromatic carbocycles. The van der Waals surface area contributed by atoms with Gasteiger partial charge in [-0.2, -0.15) is 0 Å². The molecule has 2 saturated heterocycles. The van der Waals surface area contributed by atoms with Gasteiger partial charge in [0.05, 0.1) is 13.2 Å². The van der Waals surface area contributed by atoms with Gasteiger partial charge in [-0.15, -0.1) is 0 Å². The average molecular weight is 330 g/mol. The third-order valence-electron chi connectivity index (χ3n) is 5.08. The molecule has 0 aromatic heterocycles. The molecule has 2 aliphatic heterocycles. The van der Waals surface area contributed by atoms with Crippen molar-refractivity contribution in [3.63, 3.8) is 0 Å². The van der Waals surface area contributed by atoms with E-state index in [0.717, 1.165) is 44.0 Å². The molecular formula is C20H30N2O2. The van der Waals surface area contributed by atoms with Gasteiger partial charge in [0.15, 0.2) is 5.78 Å². The lowest BCUT2D eigenvalue weighted by atomic mass is 10.1. The monoisotopic (exact) mass is 330 g/mol. The summed E-state index contributed by atoms with van der Waals surface area (Å²) in [5.41, 5.74) is 0.796. The van der Waals surface area contributed by atoms with Crippen LogP contribution in [0.2, 0.25) is 0 Å². The molecule has 0 radical (unpaired) electrons. The average Bonchev–Trinajstić information content (AvgIpc) is 3.13. The van der Waals surface area contributed by atoms with E-state index in [2.05, 4.69) is 9.80 Å². The molecule has 4 heteroatoms. The lowest BCUT2D eigenvalue weighted by Crippen LogP contribution is -2.34. The van der Waals surface area contributed by atoms with E-state index >= 15 is 0 Å². The Morgan fingerprint density at radius 1 is 0.875 bits per heavy atom. The maximum absolute atomic E-state index is 12.3. The molecule has 0 N–H and O–H groups in total. The minimum absolute atomic E-state index is 0.220. The molecule has 3 rings (SSSR count). The van der Waals surface area contributed by atoms with Crippen LogP contribution < -0.4 is 4.74 Å². The molecule has 1 aromatic rings. The van der Waals surface area contributed by atoms with Gasteiger partial charge in [0.2, 0.25) is 0 Å². The highest BCUT2D eigenvalue weighted by Gasteiger charge is 2.15. The van der Waals surface area contributed by atoms with Crippen LogP contribution in [0.15, 0.2) is 24.3 Å². The topological polar surface area (TPSA) is 32.8 Å². The largest absolute Gasteiger partial charge is 0.494 e. The van der Waals surface area contributed by atoms with Gasteiger partial charge in [0, 0.05) is 12.1 Å². The van der Waals surface area contributed by atoms with E-state index in [1.165, 1.54) is 45.2 Å². The summed E-state index contributed by atoms with van der Waals surface area (Å²) in [5.74, 6) is 1.09. The number of likely N-dealkylation sites (tertiary alicyclic amines) is 2. The molecule has 2 heterocycles. The van der Waals surface area contributed by atoms with E-state index in [1.54, 1.807) is 0 Å². The number of hydrogen-bond acceptors (Lipinski definition) is 4. The first-order valence-electron chi connectivity index (χ1n) is 9.52. The van der Waals surface area contributed by atoms with Crippen LogP contribution in [0.25, 0.3) is 0 Å². The lowest BCUT2D eigenvalue weighted by molar-refractivity contribution is 0.0915. The van der Waals surface area contributed by atoms with Crippen LogP contribution >= 0.6 is 0 Å². The van der Waals surface area contributed by atoms with Crippen LogP contribution in [0.1, 0.15) is 48.9 Å². The second-order valence-electron chi connectivity index (χ2n) is 7.04. The molecule has 0 atom stereocenters. The van der Waals surface area contributed by atoms with Gasteiger partial charge in [-0.3, -0.25) is 9.69 Å². The van der Waals surface area contributed by atoms with Crippen molar-refractivity contribution in [2.45, 2.75) is 38.5 Å². The molecular weight excluding hydrogens is 300 g/mol. The first kappa shape index (κ1) is 17.4. The van der Waals surface area contributed by atoms with Crippen molar-refractivity contribution in [2.75, 3.05) is 45.9 Å². The van der Waals surface area contributed by atoms with Gasteiger partial charge in [-0.25, -0.2) is 0 Å². The predicted molar refractivity (Wildman–Crippen MR) is 96.8 cm³/mol. The molecule has 0 unspecified atom stereocenters. The molecule has 0 saturated carbocycles. The van der Waals surface area contributed by atoms with Crippen molar-refractivity contribution < 1.29 is 9.53 Å². The third-order valence-corrected chi connectivity index (χ3v) is 5.08. The Kier molecular flexibility index (Phi) is 6.67.